The fourth-order valence-corrected chi connectivity index (χ4v) is 1.99. The van der Waals surface area contributed by atoms with E-state index in [0.29, 0.717) is 22.4 Å². The highest BCUT2D eigenvalue weighted by molar-refractivity contribution is 9.10. The Labute approximate surface area is 120 Å². The molecule has 0 spiro atoms. The van der Waals surface area contributed by atoms with Crippen molar-refractivity contribution < 1.29 is 13.7 Å². The van der Waals surface area contributed by atoms with Crippen LogP contribution in [0.2, 0.25) is 0 Å². The molecule has 0 unspecified atom stereocenters. The van der Waals surface area contributed by atoms with Gasteiger partial charge in [0.05, 0.1) is 23.2 Å². The van der Waals surface area contributed by atoms with E-state index in [2.05, 4.69) is 26.2 Å². The molecule has 1 heterocycles. The molecule has 0 radical (unpaired) electrons. The van der Waals surface area contributed by atoms with Gasteiger partial charge in [-0.15, -0.1) is 0 Å². The average Bonchev–Trinajstić information content (AvgIpc) is 2.36. The number of hydrogen-bond acceptors (Lipinski definition) is 4. The fourth-order valence-electron chi connectivity index (χ4n) is 1.61. The van der Waals surface area contributed by atoms with E-state index < -0.39 is 22.2 Å². The number of nitrogens with zero attached hydrogens (tertiary/aromatic N) is 2. The Morgan fingerprint density at radius 2 is 2.10 bits per heavy atom. The van der Waals surface area contributed by atoms with E-state index in [1.807, 2.05) is 0 Å². The summed E-state index contributed by atoms with van der Waals surface area (Å²) in [5.41, 5.74) is -0.465. The second-order valence-electron chi connectivity index (χ2n) is 3.84. The Morgan fingerprint density at radius 1 is 1.35 bits per heavy atom. The second kappa shape index (κ2) is 5.91. The molecule has 8 heteroatoms. The van der Waals surface area contributed by atoms with E-state index in [-0.39, 0.29) is 12.2 Å². The number of benzene rings is 1. The lowest BCUT2D eigenvalue weighted by atomic mass is 10.2. The van der Waals surface area contributed by atoms with Gasteiger partial charge in [-0.05, 0) is 28.1 Å². The van der Waals surface area contributed by atoms with Gasteiger partial charge >= 0.3 is 0 Å². The molecule has 0 atom stereocenters. The van der Waals surface area contributed by atoms with Crippen LogP contribution >= 0.6 is 15.9 Å². The van der Waals surface area contributed by atoms with Crippen molar-refractivity contribution >= 4 is 27.3 Å². The number of anilines is 1. The quantitative estimate of drug-likeness (QED) is 0.522. The van der Waals surface area contributed by atoms with E-state index >= 15 is 0 Å². The van der Waals surface area contributed by atoms with Crippen LogP contribution in [0.3, 0.4) is 0 Å². The van der Waals surface area contributed by atoms with Crippen LogP contribution in [0.4, 0.5) is 20.2 Å². The lowest BCUT2D eigenvalue weighted by Gasteiger charge is -2.08. The van der Waals surface area contributed by atoms with Crippen molar-refractivity contribution in [3.05, 3.63) is 62.4 Å². The van der Waals surface area contributed by atoms with Crippen LogP contribution in [0.15, 0.2) is 34.9 Å². The van der Waals surface area contributed by atoms with E-state index in [1.54, 1.807) is 18.2 Å². The highest BCUT2D eigenvalue weighted by atomic mass is 79.9. The highest BCUT2D eigenvalue weighted by Crippen LogP contribution is 2.29. The van der Waals surface area contributed by atoms with E-state index in [4.69, 9.17) is 0 Å². The van der Waals surface area contributed by atoms with Crippen molar-refractivity contribution in [2.24, 2.45) is 0 Å². The normalized spacial score (nSPS) is 10.3. The summed E-state index contributed by atoms with van der Waals surface area (Å²) in [6.07, 6.45) is 0. The number of hydrogen-bond donors (Lipinski definition) is 1. The maximum Gasteiger partial charge on any atom is 0.298 e. The predicted octanol–water partition coefficient (Wildman–Crippen LogP) is 3.64. The number of nitro groups is 1. The van der Waals surface area contributed by atoms with Gasteiger partial charge in [-0.25, -0.2) is 13.8 Å². The highest BCUT2D eigenvalue weighted by Gasteiger charge is 2.20. The molecular formula is C12H8BrF2N3O2. The van der Waals surface area contributed by atoms with Crippen LogP contribution in [0.25, 0.3) is 0 Å². The molecule has 0 saturated carbocycles. The summed E-state index contributed by atoms with van der Waals surface area (Å²) in [7, 11) is 0. The van der Waals surface area contributed by atoms with Gasteiger partial charge in [-0.3, -0.25) is 10.1 Å². The Kier molecular flexibility index (Phi) is 4.23. The van der Waals surface area contributed by atoms with Crippen LogP contribution in [-0.4, -0.2) is 9.91 Å². The standard InChI is InChI=1S/C12H8BrF2N3O2/c13-11-3-1-2-8(17-11)6-16-12-9(15)4-7(14)5-10(12)18(19)20/h1-5,16H,6H2. The molecule has 1 aromatic carbocycles. The van der Waals surface area contributed by atoms with Gasteiger partial charge in [-0.2, -0.15) is 0 Å². The second-order valence-corrected chi connectivity index (χ2v) is 4.66. The summed E-state index contributed by atoms with van der Waals surface area (Å²) in [6, 6.07) is 6.36. The van der Waals surface area contributed by atoms with Gasteiger partial charge in [0.15, 0.2) is 5.82 Å². The Bertz CT molecular complexity index is 667. The molecule has 0 aliphatic carbocycles. The molecule has 2 rings (SSSR count). The molecular weight excluding hydrogens is 336 g/mol. The maximum absolute atomic E-state index is 13.6. The lowest BCUT2D eigenvalue weighted by molar-refractivity contribution is -0.384. The Morgan fingerprint density at radius 3 is 2.75 bits per heavy atom. The van der Waals surface area contributed by atoms with Crippen LogP contribution in [0.5, 0.6) is 0 Å². The predicted molar refractivity (Wildman–Crippen MR) is 72.3 cm³/mol. The zero-order valence-electron chi connectivity index (χ0n) is 9.94. The number of pyridine rings is 1. The molecule has 1 aromatic heterocycles. The number of halogens is 3. The largest absolute Gasteiger partial charge is 0.371 e. The SMILES string of the molecule is O=[N+]([O-])c1cc(F)cc(F)c1NCc1cccc(Br)n1. The molecule has 1 N–H and O–H groups in total. The topological polar surface area (TPSA) is 68.1 Å². The first-order chi connectivity index (χ1) is 9.47. The van der Waals surface area contributed by atoms with Crippen LogP contribution in [0.1, 0.15) is 5.69 Å². The van der Waals surface area contributed by atoms with Crippen molar-refractivity contribution in [2.45, 2.75) is 6.54 Å². The van der Waals surface area contributed by atoms with E-state index in [0.717, 1.165) is 0 Å². The van der Waals surface area contributed by atoms with Gasteiger partial charge in [-0.1, -0.05) is 6.07 Å². The molecule has 104 valence electrons. The smallest absolute Gasteiger partial charge is 0.298 e. The van der Waals surface area contributed by atoms with Crippen molar-refractivity contribution in [2.75, 3.05) is 5.32 Å². The van der Waals surface area contributed by atoms with Crippen LogP contribution in [-0.2, 0) is 6.54 Å². The summed E-state index contributed by atoms with van der Waals surface area (Å²) in [5, 5.41) is 13.4. The number of rotatable bonds is 4. The third-order valence-corrected chi connectivity index (χ3v) is 2.89. The molecule has 0 bridgehead atoms. The van der Waals surface area contributed by atoms with Gasteiger partial charge < -0.3 is 5.32 Å². The summed E-state index contributed by atoms with van der Waals surface area (Å²) in [4.78, 5) is 14.1. The molecule has 0 aliphatic heterocycles. The minimum atomic E-state index is -1.02. The zero-order valence-corrected chi connectivity index (χ0v) is 11.5. The molecule has 2 aromatic rings. The zero-order chi connectivity index (χ0) is 14.7. The Balaban J connectivity index is 2.27. The molecule has 0 saturated heterocycles. The Hall–Kier alpha value is -2.09. The minimum absolute atomic E-state index is 0.0723. The molecule has 0 amide bonds. The fraction of sp³-hybridized carbons (Fsp3) is 0.0833. The number of nitrogens with one attached hydrogen (secondary N) is 1. The van der Waals surface area contributed by atoms with Gasteiger partial charge in [0.2, 0.25) is 0 Å². The third-order valence-electron chi connectivity index (χ3n) is 2.45. The maximum atomic E-state index is 13.6. The van der Waals surface area contributed by atoms with Crippen molar-refractivity contribution in [1.82, 2.24) is 4.98 Å². The molecule has 0 fully saturated rings. The summed E-state index contributed by atoms with van der Waals surface area (Å²) in [5.74, 6) is -2.02. The van der Waals surface area contributed by atoms with E-state index in [1.165, 1.54) is 0 Å². The van der Waals surface area contributed by atoms with Gasteiger partial charge in [0.1, 0.15) is 16.1 Å². The summed E-state index contributed by atoms with van der Waals surface area (Å²) in [6.45, 7) is 0.0723. The first kappa shape index (κ1) is 14.3. The van der Waals surface area contributed by atoms with Crippen molar-refractivity contribution in [3.8, 4) is 0 Å². The van der Waals surface area contributed by atoms with Gasteiger partial charge in [0, 0.05) is 6.07 Å². The van der Waals surface area contributed by atoms with Crippen LogP contribution in [0, 0.1) is 21.7 Å². The van der Waals surface area contributed by atoms with Crippen molar-refractivity contribution in [1.29, 1.82) is 0 Å². The first-order valence-electron chi connectivity index (χ1n) is 5.46. The lowest BCUT2D eigenvalue weighted by Crippen LogP contribution is -2.06. The monoisotopic (exact) mass is 343 g/mol. The number of aromatic nitrogens is 1. The van der Waals surface area contributed by atoms with Gasteiger partial charge in [0.25, 0.3) is 5.69 Å². The van der Waals surface area contributed by atoms with Crippen LogP contribution < -0.4 is 5.32 Å². The average molecular weight is 344 g/mol. The molecule has 5 nitrogen and oxygen atoms in total. The summed E-state index contributed by atoms with van der Waals surface area (Å²) >= 11 is 3.18. The molecule has 20 heavy (non-hydrogen) atoms. The first-order valence-corrected chi connectivity index (χ1v) is 6.25. The van der Waals surface area contributed by atoms with Crippen molar-refractivity contribution in [3.63, 3.8) is 0 Å². The number of nitro benzene ring substituents is 1. The summed E-state index contributed by atoms with van der Waals surface area (Å²) < 4.78 is 27.2. The molecule has 0 aliphatic rings. The van der Waals surface area contributed by atoms with E-state index in [9.17, 15) is 18.9 Å². The third kappa shape index (κ3) is 3.27. The minimum Gasteiger partial charge on any atom is -0.371 e.